The number of rotatable bonds is 6. The average molecular weight is 704 g/mol. The van der Waals surface area contributed by atoms with E-state index in [1.165, 1.54) is 0 Å². The second kappa shape index (κ2) is 11.6. The minimum Gasteiger partial charge on any atom is -0.502 e. The largest absolute Gasteiger partial charge is 0.864 e. The summed E-state index contributed by atoms with van der Waals surface area (Å²) in [6.45, 7) is 0. The van der Waals surface area contributed by atoms with Crippen molar-refractivity contribution in [2.24, 2.45) is 0 Å². The van der Waals surface area contributed by atoms with Crippen molar-refractivity contribution >= 4 is 7.32 Å². The summed E-state index contributed by atoms with van der Waals surface area (Å²) in [6, 6.07) is 0. The van der Waals surface area contributed by atoms with Gasteiger partial charge in [-0.3, -0.25) is 0 Å². The van der Waals surface area contributed by atoms with Crippen molar-refractivity contribution in [1.82, 2.24) is 0 Å². The normalized spacial score (nSPS) is 12.4. The van der Waals surface area contributed by atoms with Crippen molar-refractivity contribution in [1.29, 1.82) is 0 Å². The van der Waals surface area contributed by atoms with Gasteiger partial charge in [0.2, 0.25) is 17.5 Å². The van der Waals surface area contributed by atoms with Gasteiger partial charge in [0.1, 0.15) is 16.7 Å². The summed E-state index contributed by atoms with van der Waals surface area (Å²) in [5, 5.41) is 28.9. The van der Waals surface area contributed by atoms with Gasteiger partial charge in [0.25, 0.3) is 0 Å². The number of hydrogen-bond donors (Lipinski definition) is 3. The molecule has 0 saturated heterocycles. The predicted molar refractivity (Wildman–Crippen MR) is 107 cm³/mol. The summed E-state index contributed by atoms with van der Waals surface area (Å²) in [6.07, 6.45) is -19.2. The zero-order chi connectivity index (χ0) is 35.6. The maximum atomic E-state index is 14.1. The Bertz CT molecular complexity index is 1520. The van der Waals surface area contributed by atoms with Crippen LogP contribution in [0, 0.1) is 52.4 Å². The van der Waals surface area contributed by atoms with Crippen LogP contribution in [0.5, 0.6) is 34.5 Å². The Morgan fingerprint density at radius 3 is 0.717 bits per heavy atom. The Hall–Kier alpha value is -4.74. The molecule has 0 aromatic heterocycles. The zero-order valence-electron chi connectivity index (χ0n) is 20.4. The molecule has 3 rings (SSSR count). The Kier molecular flexibility index (Phi) is 8.99. The molecule has 0 aliphatic heterocycles. The molecule has 3 aromatic rings. The van der Waals surface area contributed by atoms with Crippen molar-refractivity contribution in [2.45, 2.75) is 18.5 Å². The van der Waals surface area contributed by atoms with Crippen LogP contribution in [0.1, 0.15) is 16.7 Å². The molecule has 0 amide bonds. The van der Waals surface area contributed by atoms with Gasteiger partial charge >= 0.3 is 25.9 Å². The number of benzene rings is 3. The minimum atomic E-state index is -6.39. The van der Waals surface area contributed by atoms with E-state index in [2.05, 4.69) is 14.0 Å². The summed E-state index contributed by atoms with van der Waals surface area (Å²) < 4.78 is 258. The van der Waals surface area contributed by atoms with E-state index in [9.17, 15) is 94.3 Å². The van der Waals surface area contributed by atoms with E-state index >= 15 is 0 Å². The van der Waals surface area contributed by atoms with E-state index in [1.807, 2.05) is 0 Å². The molecular weight excluding hydrogens is 701 g/mol. The first kappa shape index (κ1) is 35.7. The van der Waals surface area contributed by atoms with E-state index in [0.29, 0.717) is 0 Å². The van der Waals surface area contributed by atoms with E-state index in [1.54, 1.807) is 0 Å². The van der Waals surface area contributed by atoms with Crippen LogP contribution in [0.15, 0.2) is 0 Å². The maximum Gasteiger partial charge on any atom is 0.864 e. The first-order valence-corrected chi connectivity index (χ1v) is 10.6. The van der Waals surface area contributed by atoms with Gasteiger partial charge in [-0.05, 0) is 0 Å². The zero-order valence-corrected chi connectivity index (χ0v) is 20.4. The molecule has 46 heavy (non-hydrogen) atoms. The van der Waals surface area contributed by atoms with Crippen LogP contribution in [0.4, 0.5) is 79.0 Å². The molecule has 3 aromatic carbocycles. The SMILES string of the molecule is Oc1c(F)c(F)c(F)c(C(F)(F)F)c1OB(Oc1c(O)c(F)c(F)c(F)c1C(F)(F)F)Oc1c(O)c(F)c(F)c(F)c1C(F)(F)F. The molecule has 25 heteroatoms. The Morgan fingerprint density at radius 2 is 0.543 bits per heavy atom. The van der Waals surface area contributed by atoms with Crippen LogP contribution in [0.25, 0.3) is 0 Å². The van der Waals surface area contributed by atoms with Crippen molar-refractivity contribution in [3.8, 4) is 34.5 Å². The quantitative estimate of drug-likeness (QED) is 0.139. The Morgan fingerprint density at radius 1 is 0.348 bits per heavy atom. The molecule has 0 aliphatic rings. The van der Waals surface area contributed by atoms with E-state index < -0.39 is 129 Å². The summed E-state index contributed by atoms with van der Waals surface area (Å²) in [5.74, 6) is -46.2. The molecule has 0 unspecified atom stereocenters. The van der Waals surface area contributed by atoms with Crippen LogP contribution in [-0.4, -0.2) is 22.6 Å². The van der Waals surface area contributed by atoms with Crippen LogP contribution in [0.3, 0.4) is 0 Å². The molecule has 6 nitrogen and oxygen atoms in total. The molecule has 0 radical (unpaired) electrons. The fourth-order valence-corrected chi connectivity index (χ4v) is 3.35. The molecule has 0 atom stereocenters. The van der Waals surface area contributed by atoms with E-state index in [4.69, 9.17) is 0 Å². The first-order valence-electron chi connectivity index (χ1n) is 10.6. The lowest BCUT2D eigenvalue weighted by Gasteiger charge is -2.24. The lowest BCUT2D eigenvalue weighted by Crippen LogP contribution is -2.39. The highest BCUT2D eigenvalue weighted by molar-refractivity contribution is 6.40. The second-order valence-corrected chi connectivity index (χ2v) is 8.12. The summed E-state index contributed by atoms with van der Waals surface area (Å²) in [5.41, 5.74) is -9.97. The van der Waals surface area contributed by atoms with Crippen LogP contribution < -0.4 is 14.0 Å². The fourth-order valence-electron chi connectivity index (χ4n) is 3.35. The van der Waals surface area contributed by atoms with Gasteiger partial charge in [-0.1, -0.05) is 0 Å². The van der Waals surface area contributed by atoms with Gasteiger partial charge in [-0.2, -0.15) is 52.7 Å². The number of alkyl halides is 9. The fraction of sp³-hybridized carbons (Fsp3) is 0.143. The van der Waals surface area contributed by atoms with Crippen molar-refractivity contribution < 1.29 is 108 Å². The van der Waals surface area contributed by atoms with Gasteiger partial charge in [-0.15, -0.1) is 0 Å². The highest BCUT2D eigenvalue weighted by Crippen LogP contribution is 2.50. The van der Waals surface area contributed by atoms with Gasteiger partial charge in [-0.25, -0.2) is 26.3 Å². The van der Waals surface area contributed by atoms with Gasteiger partial charge in [0, 0.05) is 0 Å². The van der Waals surface area contributed by atoms with Crippen molar-refractivity contribution in [3.63, 3.8) is 0 Å². The number of hydrogen-bond acceptors (Lipinski definition) is 6. The van der Waals surface area contributed by atoms with Crippen LogP contribution >= 0.6 is 0 Å². The molecule has 0 saturated carbocycles. The maximum absolute atomic E-state index is 14.1. The number of aromatic hydroxyl groups is 3. The lowest BCUT2D eigenvalue weighted by atomic mass is 10.1. The topological polar surface area (TPSA) is 88.4 Å². The Labute approximate surface area is 238 Å². The molecule has 0 bridgehead atoms. The molecule has 0 heterocycles. The van der Waals surface area contributed by atoms with Gasteiger partial charge in [0.15, 0.2) is 69.4 Å². The Balaban J connectivity index is 2.46. The summed E-state index contributed by atoms with van der Waals surface area (Å²) in [4.78, 5) is 0. The molecule has 3 N–H and O–H groups in total. The second-order valence-electron chi connectivity index (χ2n) is 8.12. The molecular formula is C21H3BF18O6. The third-order valence-electron chi connectivity index (χ3n) is 5.26. The summed E-state index contributed by atoms with van der Waals surface area (Å²) >= 11 is 0. The third kappa shape index (κ3) is 6.08. The number of halogens is 18. The third-order valence-corrected chi connectivity index (χ3v) is 5.26. The van der Waals surface area contributed by atoms with Crippen molar-refractivity contribution in [2.75, 3.05) is 0 Å². The number of phenols is 3. The van der Waals surface area contributed by atoms with Gasteiger partial charge < -0.3 is 29.3 Å². The highest BCUT2D eigenvalue weighted by Gasteiger charge is 2.51. The first-order chi connectivity index (χ1) is 20.7. The highest BCUT2D eigenvalue weighted by atomic mass is 19.4. The smallest absolute Gasteiger partial charge is 0.502 e. The predicted octanol–water partition coefficient (Wildman–Crippen LogP) is 7.63. The molecule has 0 fully saturated rings. The minimum absolute atomic E-state index is 2.86. The number of phenolic OH excluding ortho intramolecular Hbond substituents is 3. The molecule has 0 aliphatic carbocycles. The summed E-state index contributed by atoms with van der Waals surface area (Å²) in [7, 11) is -4.37. The lowest BCUT2D eigenvalue weighted by molar-refractivity contribution is -0.142. The standard InChI is InChI=1S/C21H3BF18O6/c23-4-1(19(32,33)34)16(13(41)10(29)7(4)26)44-22(45-17-2(20(35,36)37)5(24)8(27)11(30)14(17)42)46-18-3(21(38,39)40)6(25)9(28)12(31)15(18)43/h41-43H. The average Bonchev–Trinajstić information content (AvgIpc) is 2.91. The monoisotopic (exact) mass is 704 g/mol. The van der Waals surface area contributed by atoms with Crippen LogP contribution in [0.2, 0.25) is 0 Å². The van der Waals surface area contributed by atoms with Crippen molar-refractivity contribution in [3.05, 3.63) is 69.0 Å². The van der Waals surface area contributed by atoms with Gasteiger partial charge in [0.05, 0.1) is 0 Å². The van der Waals surface area contributed by atoms with Crippen LogP contribution in [-0.2, 0) is 18.5 Å². The molecule has 0 spiro atoms. The van der Waals surface area contributed by atoms with E-state index in [0.717, 1.165) is 0 Å². The van der Waals surface area contributed by atoms with E-state index in [-0.39, 0.29) is 0 Å². The molecule has 252 valence electrons.